The second kappa shape index (κ2) is 11.0. The van der Waals surface area contributed by atoms with Gasteiger partial charge in [0.25, 0.3) is 0 Å². The predicted molar refractivity (Wildman–Crippen MR) is 134 cm³/mol. The van der Waals surface area contributed by atoms with Crippen LogP contribution in [0.25, 0.3) is 22.4 Å². The fourth-order valence-corrected chi connectivity index (χ4v) is 4.57. The van der Waals surface area contributed by atoms with Crippen molar-refractivity contribution in [3.8, 4) is 17.1 Å². The zero-order chi connectivity index (χ0) is 23.2. The van der Waals surface area contributed by atoms with Crippen molar-refractivity contribution >= 4 is 28.5 Å². The van der Waals surface area contributed by atoms with E-state index in [1.807, 2.05) is 60.9 Å². The Morgan fingerprint density at radius 1 is 1.15 bits per heavy atom. The molecule has 1 amide bonds. The van der Waals surface area contributed by atoms with Crippen LogP contribution in [0.4, 0.5) is 0 Å². The lowest BCUT2D eigenvalue weighted by molar-refractivity contribution is -0.122. The summed E-state index contributed by atoms with van der Waals surface area (Å²) in [6, 6.07) is 13.5. The van der Waals surface area contributed by atoms with E-state index in [1.165, 1.54) is 32.4 Å². The molecule has 0 unspecified atom stereocenters. The number of likely N-dealkylation sites (tertiary alicyclic amines) is 1. The predicted octanol–water partition coefficient (Wildman–Crippen LogP) is 5.14. The summed E-state index contributed by atoms with van der Waals surface area (Å²) in [5.41, 5.74) is 2.57. The highest BCUT2D eigenvalue weighted by Crippen LogP contribution is 2.29. The van der Waals surface area contributed by atoms with Crippen LogP contribution in [0.15, 0.2) is 42.5 Å². The maximum atomic E-state index is 12.6. The number of amides is 1. The molecule has 7 heteroatoms. The number of halogens is 1. The van der Waals surface area contributed by atoms with Crippen LogP contribution in [0.5, 0.6) is 5.75 Å². The van der Waals surface area contributed by atoms with Crippen molar-refractivity contribution in [2.24, 2.45) is 0 Å². The maximum absolute atomic E-state index is 12.6. The number of aromatic nitrogens is 2. The summed E-state index contributed by atoms with van der Waals surface area (Å²) >= 11 is 6.23. The molecule has 1 fully saturated rings. The van der Waals surface area contributed by atoms with Gasteiger partial charge in [0.2, 0.25) is 5.91 Å². The Labute approximate surface area is 200 Å². The molecule has 1 aliphatic rings. The Morgan fingerprint density at radius 2 is 1.97 bits per heavy atom. The highest BCUT2D eigenvalue weighted by atomic mass is 35.5. The van der Waals surface area contributed by atoms with E-state index in [2.05, 4.69) is 10.2 Å². The molecular formula is C26H33ClN4O2. The van der Waals surface area contributed by atoms with Crippen LogP contribution in [0.2, 0.25) is 5.02 Å². The molecule has 2 heterocycles. The van der Waals surface area contributed by atoms with E-state index in [0.717, 1.165) is 35.3 Å². The normalized spacial score (nSPS) is 14.7. The molecule has 2 aromatic carbocycles. The first-order valence-corrected chi connectivity index (χ1v) is 12.3. The first-order chi connectivity index (χ1) is 16.0. The topological polar surface area (TPSA) is 59.4 Å². The van der Waals surface area contributed by atoms with E-state index >= 15 is 0 Å². The van der Waals surface area contributed by atoms with Gasteiger partial charge in [0, 0.05) is 29.2 Å². The number of fused-ring (bicyclic) bond motifs is 1. The van der Waals surface area contributed by atoms with Gasteiger partial charge >= 0.3 is 0 Å². The largest absolute Gasteiger partial charge is 0.493 e. The third-order valence-electron chi connectivity index (χ3n) is 5.89. The van der Waals surface area contributed by atoms with Crippen molar-refractivity contribution in [1.82, 2.24) is 19.8 Å². The minimum Gasteiger partial charge on any atom is -0.493 e. The number of nitrogens with one attached hydrogen (secondary N) is 1. The van der Waals surface area contributed by atoms with Gasteiger partial charge in [0.1, 0.15) is 18.1 Å². The zero-order valence-corrected chi connectivity index (χ0v) is 20.3. The summed E-state index contributed by atoms with van der Waals surface area (Å²) < 4.78 is 7.98. The molecule has 6 nitrogen and oxygen atoms in total. The first-order valence-electron chi connectivity index (χ1n) is 11.9. The molecule has 1 saturated heterocycles. The first kappa shape index (κ1) is 23.6. The van der Waals surface area contributed by atoms with E-state index in [4.69, 9.17) is 21.3 Å². The number of piperidine rings is 1. The Bertz CT molecular complexity index is 1090. The van der Waals surface area contributed by atoms with E-state index in [-0.39, 0.29) is 18.5 Å². The van der Waals surface area contributed by atoms with Crippen LogP contribution in [0.1, 0.15) is 39.5 Å². The number of nitrogens with zero attached hydrogens (tertiary/aromatic N) is 3. The summed E-state index contributed by atoms with van der Waals surface area (Å²) in [6.45, 7) is 8.28. The molecule has 176 valence electrons. The molecule has 1 N–H and O–H groups in total. The fraction of sp³-hybridized carbons (Fsp3) is 0.462. The average Bonchev–Trinajstić information content (AvgIpc) is 3.14. The van der Waals surface area contributed by atoms with Gasteiger partial charge in [-0.15, -0.1) is 0 Å². The number of hydrogen-bond donors (Lipinski definition) is 1. The van der Waals surface area contributed by atoms with E-state index in [0.29, 0.717) is 17.5 Å². The fourth-order valence-electron chi connectivity index (χ4n) is 4.38. The molecule has 33 heavy (non-hydrogen) atoms. The number of carbonyl (C=O) groups excluding carboxylic acids is 1. The molecule has 0 spiro atoms. The SMILES string of the molecule is CC(C)NC(=O)Cn1c(-c2cccc(Cl)c2)nc2cc(OCCCN3CCCCC3)ccc21. The minimum atomic E-state index is -0.0504. The second-order valence-electron chi connectivity index (χ2n) is 9.01. The Kier molecular flexibility index (Phi) is 7.89. The zero-order valence-electron chi connectivity index (χ0n) is 19.5. The van der Waals surface area contributed by atoms with Crippen LogP contribution in [-0.2, 0) is 11.3 Å². The minimum absolute atomic E-state index is 0.0504. The molecule has 0 saturated carbocycles. The van der Waals surface area contributed by atoms with Gasteiger partial charge in [0.05, 0.1) is 17.6 Å². The van der Waals surface area contributed by atoms with Crippen molar-refractivity contribution in [2.75, 3.05) is 26.2 Å². The van der Waals surface area contributed by atoms with Crippen molar-refractivity contribution in [3.63, 3.8) is 0 Å². The highest BCUT2D eigenvalue weighted by molar-refractivity contribution is 6.30. The van der Waals surface area contributed by atoms with E-state index in [1.54, 1.807) is 0 Å². The number of carbonyl (C=O) groups is 1. The number of imidazole rings is 1. The van der Waals surface area contributed by atoms with Crippen LogP contribution < -0.4 is 10.1 Å². The lowest BCUT2D eigenvalue weighted by Gasteiger charge is -2.26. The molecule has 1 aliphatic heterocycles. The van der Waals surface area contributed by atoms with Gasteiger partial charge in [-0.3, -0.25) is 4.79 Å². The summed E-state index contributed by atoms with van der Waals surface area (Å²) in [4.78, 5) is 20.0. The van der Waals surface area contributed by atoms with Crippen molar-refractivity contribution < 1.29 is 9.53 Å². The van der Waals surface area contributed by atoms with Crippen molar-refractivity contribution in [3.05, 3.63) is 47.5 Å². The van der Waals surface area contributed by atoms with Gasteiger partial charge < -0.3 is 19.5 Å². The van der Waals surface area contributed by atoms with Crippen LogP contribution in [-0.4, -0.2) is 52.6 Å². The van der Waals surface area contributed by atoms with E-state index < -0.39 is 0 Å². The van der Waals surface area contributed by atoms with Crippen LogP contribution in [0, 0.1) is 0 Å². The van der Waals surface area contributed by atoms with Crippen LogP contribution in [0.3, 0.4) is 0 Å². The number of hydrogen-bond acceptors (Lipinski definition) is 4. The summed E-state index contributed by atoms with van der Waals surface area (Å²) in [7, 11) is 0. The number of benzene rings is 2. The Morgan fingerprint density at radius 3 is 2.73 bits per heavy atom. The number of ether oxygens (including phenoxy) is 1. The van der Waals surface area contributed by atoms with E-state index in [9.17, 15) is 4.79 Å². The van der Waals surface area contributed by atoms with Gasteiger partial charge in [-0.05, 0) is 70.5 Å². The van der Waals surface area contributed by atoms with Crippen molar-refractivity contribution in [1.29, 1.82) is 0 Å². The number of rotatable bonds is 9. The molecule has 0 aliphatic carbocycles. The summed E-state index contributed by atoms with van der Waals surface area (Å²) in [6.07, 6.45) is 4.99. The third-order valence-corrected chi connectivity index (χ3v) is 6.13. The van der Waals surface area contributed by atoms with Gasteiger partial charge in [-0.2, -0.15) is 0 Å². The van der Waals surface area contributed by atoms with Gasteiger partial charge in [-0.1, -0.05) is 30.2 Å². The van der Waals surface area contributed by atoms with Crippen LogP contribution >= 0.6 is 11.6 Å². The lowest BCUT2D eigenvalue weighted by atomic mass is 10.1. The summed E-state index contributed by atoms with van der Waals surface area (Å²) in [5.74, 6) is 1.47. The van der Waals surface area contributed by atoms with Crippen molar-refractivity contribution in [2.45, 2.75) is 52.1 Å². The highest BCUT2D eigenvalue weighted by Gasteiger charge is 2.17. The smallest absolute Gasteiger partial charge is 0.240 e. The second-order valence-corrected chi connectivity index (χ2v) is 9.45. The standard InChI is InChI=1S/C26H33ClN4O2/c1-19(2)28-25(32)18-31-24-11-10-22(33-15-7-14-30-12-4-3-5-13-30)17-23(24)29-26(31)20-8-6-9-21(27)16-20/h6,8-11,16-17,19H,3-5,7,12-15,18H2,1-2H3,(H,28,32). The Hall–Kier alpha value is -2.57. The summed E-state index contributed by atoms with van der Waals surface area (Å²) in [5, 5.41) is 3.60. The maximum Gasteiger partial charge on any atom is 0.240 e. The average molecular weight is 469 g/mol. The molecule has 0 atom stereocenters. The molecule has 3 aromatic rings. The Balaban J connectivity index is 1.52. The lowest BCUT2D eigenvalue weighted by Crippen LogP contribution is -2.33. The molecular weight excluding hydrogens is 436 g/mol. The monoisotopic (exact) mass is 468 g/mol. The third kappa shape index (κ3) is 6.27. The molecule has 0 radical (unpaired) electrons. The van der Waals surface area contributed by atoms with Gasteiger partial charge in [0.15, 0.2) is 0 Å². The van der Waals surface area contributed by atoms with Gasteiger partial charge in [-0.25, -0.2) is 4.98 Å². The quantitative estimate of drug-likeness (QED) is 0.442. The molecule has 4 rings (SSSR count). The molecule has 0 bridgehead atoms. The molecule has 1 aromatic heterocycles.